The molecule has 2 aliphatic rings. The van der Waals surface area contributed by atoms with E-state index >= 15 is 0 Å². The van der Waals surface area contributed by atoms with E-state index in [1.807, 2.05) is 49.4 Å². The Morgan fingerprint density at radius 2 is 1.64 bits per heavy atom. The highest BCUT2D eigenvalue weighted by atomic mass is 19.1. The van der Waals surface area contributed by atoms with Crippen molar-refractivity contribution in [1.82, 2.24) is 25.3 Å². The number of aromatic nitrogens is 2. The number of aromatic amines is 1. The fourth-order valence-electron chi connectivity index (χ4n) is 5.63. The summed E-state index contributed by atoms with van der Waals surface area (Å²) in [6, 6.07) is 21.2. The highest BCUT2D eigenvalue weighted by Crippen LogP contribution is 2.40. The minimum atomic E-state index is -0.575. The molecule has 8 nitrogen and oxygen atoms in total. The van der Waals surface area contributed by atoms with Crippen LogP contribution >= 0.6 is 0 Å². The van der Waals surface area contributed by atoms with Gasteiger partial charge in [0.15, 0.2) is 0 Å². The molecule has 2 fully saturated rings. The van der Waals surface area contributed by atoms with Crippen LogP contribution in [0.5, 0.6) is 0 Å². The lowest BCUT2D eigenvalue weighted by Gasteiger charge is -2.60. The van der Waals surface area contributed by atoms with Crippen molar-refractivity contribution in [3.63, 3.8) is 0 Å². The standard InChI is InChI=1S/C30H28FN5O3/c1-19(21-7-3-2-4-8-21)32-29(39)36-17-30(18-36)15-35(16-30)28(38)24-13-20(11-12-25(24)31)14-26-22-9-5-6-10-23(22)27(37)34-33-26/h2-13,19H,14-18H2,1H3,(H,32,39)(H,34,37)/t19-/m0/s1. The Balaban J connectivity index is 1.08. The zero-order valence-electron chi connectivity index (χ0n) is 21.5. The molecule has 2 saturated heterocycles. The molecule has 6 rings (SSSR count). The van der Waals surface area contributed by atoms with Gasteiger partial charge in [0.25, 0.3) is 11.5 Å². The Labute approximate surface area is 224 Å². The molecule has 3 amide bonds. The number of nitrogens with zero attached hydrogens (tertiary/aromatic N) is 3. The van der Waals surface area contributed by atoms with E-state index in [0.717, 1.165) is 16.5 Å². The lowest BCUT2D eigenvalue weighted by Crippen LogP contribution is -2.74. The van der Waals surface area contributed by atoms with Gasteiger partial charge in [0.1, 0.15) is 5.82 Å². The largest absolute Gasteiger partial charge is 0.337 e. The molecular formula is C30H28FN5O3. The van der Waals surface area contributed by atoms with Gasteiger partial charge in [-0.1, -0.05) is 54.6 Å². The minimum Gasteiger partial charge on any atom is -0.337 e. The van der Waals surface area contributed by atoms with E-state index in [4.69, 9.17) is 0 Å². The number of rotatable bonds is 5. The number of fused-ring (bicyclic) bond motifs is 1. The summed E-state index contributed by atoms with van der Waals surface area (Å²) in [5.41, 5.74) is 2.02. The Morgan fingerprint density at radius 3 is 2.38 bits per heavy atom. The first-order valence-corrected chi connectivity index (χ1v) is 13.0. The molecule has 0 bridgehead atoms. The molecule has 0 radical (unpaired) electrons. The van der Waals surface area contributed by atoms with Gasteiger partial charge in [-0.05, 0) is 36.2 Å². The predicted molar refractivity (Wildman–Crippen MR) is 145 cm³/mol. The van der Waals surface area contributed by atoms with Gasteiger partial charge in [-0.25, -0.2) is 14.3 Å². The van der Waals surface area contributed by atoms with E-state index in [2.05, 4.69) is 15.5 Å². The van der Waals surface area contributed by atoms with Crippen molar-refractivity contribution in [2.24, 2.45) is 5.41 Å². The molecule has 0 saturated carbocycles. The minimum absolute atomic E-state index is 0.0155. The van der Waals surface area contributed by atoms with Crippen LogP contribution in [-0.4, -0.2) is 58.1 Å². The van der Waals surface area contributed by atoms with Crippen LogP contribution in [0.25, 0.3) is 10.8 Å². The zero-order valence-corrected chi connectivity index (χ0v) is 21.5. The van der Waals surface area contributed by atoms with Crippen molar-refractivity contribution in [1.29, 1.82) is 0 Å². The molecule has 0 unspecified atom stereocenters. The fourth-order valence-corrected chi connectivity index (χ4v) is 5.63. The number of carbonyl (C=O) groups is 2. The van der Waals surface area contributed by atoms with Gasteiger partial charge < -0.3 is 15.1 Å². The lowest BCUT2D eigenvalue weighted by atomic mass is 9.72. The van der Waals surface area contributed by atoms with Crippen molar-refractivity contribution < 1.29 is 14.0 Å². The Kier molecular flexibility index (Phi) is 6.13. The van der Waals surface area contributed by atoms with Crippen LogP contribution in [0, 0.1) is 11.2 Å². The van der Waals surface area contributed by atoms with Gasteiger partial charge >= 0.3 is 6.03 Å². The number of urea groups is 1. The normalized spacial score (nSPS) is 16.5. The van der Waals surface area contributed by atoms with Gasteiger partial charge in [0, 0.05) is 43.4 Å². The summed E-state index contributed by atoms with van der Waals surface area (Å²) in [4.78, 5) is 41.3. The molecule has 1 aromatic heterocycles. The SMILES string of the molecule is C[C@H](NC(=O)N1CC2(C1)CN(C(=O)c1cc(Cc3n[nH]c(=O)c4ccccc34)ccc1F)C2)c1ccccc1. The maximum absolute atomic E-state index is 14.7. The second kappa shape index (κ2) is 9.65. The van der Waals surface area contributed by atoms with Gasteiger partial charge in [0.05, 0.1) is 22.7 Å². The van der Waals surface area contributed by atoms with Crippen LogP contribution in [0.4, 0.5) is 9.18 Å². The summed E-state index contributed by atoms with van der Waals surface area (Å²) in [6.45, 7) is 4.05. The molecule has 4 aromatic rings. The zero-order chi connectivity index (χ0) is 27.1. The summed E-state index contributed by atoms with van der Waals surface area (Å²) in [7, 11) is 0. The summed E-state index contributed by atoms with van der Waals surface area (Å²) in [6.07, 6.45) is 0.341. The predicted octanol–water partition coefficient (Wildman–Crippen LogP) is 3.88. The number of carbonyl (C=O) groups excluding carboxylic acids is 2. The molecule has 3 heterocycles. The summed E-state index contributed by atoms with van der Waals surface area (Å²) in [5, 5.41) is 11.0. The van der Waals surface area contributed by atoms with Crippen molar-refractivity contribution in [2.45, 2.75) is 19.4 Å². The van der Waals surface area contributed by atoms with E-state index in [1.54, 1.807) is 34.1 Å². The Bertz CT molecular complexity index is 1620. The third-order valence-corrected chi connectivity index (χ3v) is 7.73. The summed E-state index contributed by atoms with van der Waals surface area (Å²) in [5.74, 6) is -0.937. The number of H-pyrrole nitrogens is 1. The number of hydrogen-bond acceptors (Lipinski definition) is 4. The van der Waals surface area contributed by atoms with Crippen LogP contribution in [-0.2, 0) is 6.42 Å². The Hall–Kier alpha value is -4.53. The van der Waals surface area contributed by atoms with Crippen LogP contribution in [0.15, 0.2) is 77.6 Å². The first-order valence-electron chi connectivity index (χ1n) is 13.0. The Morgan fingerprint density at radius 1 is 0.974 bits per heavy atom. The monoisotopic (exact) mass is 525 g/mol. The van der Waals surface area contributed by atoms with Crippen LogP contribution in [0.2, 0.25) is 0 Å². The molecule has 9 heteroatoms. The number of likely N-dealkylation sites (tertiary alicyclic amines) is 2. The second-order valence-corrected chi connectivity index (χ2v) is 10.6. The third kappa shape index (κ3) is 4.65. The van der Waals surface area contributed by atoms with E-state index in [1.165, 1.54) is 6.07 Å². The maximum Gasteiger partial charge on any atom is 0.317 e. The molecule has 2 N–H and O–H groups in total. The van der Waals surface area contributed by atoms with Crippen molar-refractivity contribution in [3.8, 4) is 0 Å². The summed E-state index contributed by atoms with van der Waals surface area (Å²) < 4.78 is 14.7. The number of nitrogens with one attached hydrogen (secondary N) is 2. The summed E-state index contributed by atoms with van der Waals surface area (Å²) >= 11 is 0. The van der Waals surface area contributed by atoms with Gasteiger partial charge in [0.2, 0.25) is 0 Å². The van der Waals surface area contributed by atoms with Gasteiger partial charge in [-0.15, -0.1) is 0 Å². The van der Waals surface area contributed by atoms with Crippen LogP contribution in [0.1, 0.15) is 40.1 Å². The lowest BCUT2D eigenvalue weighted by molar-refractivity contribution is -0.0782. The third-order valence-electron chi connectivity index (χ3n) is 7.73. The van der Waals surface area contributed by atoms with E-state index in [9.17, 15) is 18.8 Å². The smallest absolute Gasteiger partial charge is 0.317 e. The molecule has 1 spiro atoms. The average Bonchev–Trinajstić information content (AvgIpc) is 2.90. The topological polar surface area (TPSA) is 98.4 Å². The van der Waals surface area contributed by atoms with E-state index in [0.29, 0.717) is 43.7 Å². The molecule has 39 heavy (non-hydrogen) atoms. The number of amides is 3. The number of hydrogen-bond donors (Lipinski definition) is 2. The van der Waals surface area contributed by atoms with Crippen LogP contribution < -0.4 is 10.9 Å². The highest BCUT2D eigenvalue weighted by molar-refractivity contribution is 5.95. The maximum atomic E-state index is 14.7. The molecule has 0 aliphatic carbocycles. The second-order valence-electron chi connectivity index (χ2n) is 10.6. The van der Waals surface area contributed by atoms with Crippen LogP contribution in [0.3, 0.4) is 0 Å². The van der Waals surface area contributed by atoms with Crippen molar-refractivity contribution in [2.75, 3.05) is 26.2 Å². The molecule has 2 aliphatic heterocycles. The molecule has 1 atom stereocenters. The highest BCUT2D eigenvalue weighted by Gasteiger charge is 2.54. The first-order chi connectivity index (χ1) is 18.8. The average molecular weight is 526 g/mol. The van der Waals surface area contributed by atoms with Crippen molar-refractivity contribution in [3.05, 3.63) is 111 Å². The molecule has 3 aromatic carbocycles. The van der Waals surface area contributed by atoms with E-state index < -0.39 is 5.82 Å². The van der Waals surface area contributed by atoms with Gasteiger partial charge in [-0.2, -0.15) is 5.10 Å². The number of benzene rings is 3. The van der Waals surface area contributed by atoms with Gasteiger partial charge in [-0.3, -0.25) is 9.59 Å². The molecular weight excluding hydrogens is 497 g/mol. The van der Waals surface area contributed by atoms with E-state index in [-0.39, 0.29) is 34.5 Å². The quantitative estimate of drug-likeness (QED) is 0.413. The first kappa shape index (κ1) is 24.8. The van der Waals surface area contributed by atoms with Crippen molar-refractivity contribution >= 4 is 22.7 Å². The molecule has 198 valence electrons. The number of halogens is 1. The fraction of sp³-hybridized carbons (Fsp3) is 0.267.